The first-order chi connectivity index (χ1) is 22.0. The number of unbranched alkanes of at least 4 members (excludes halogenated alkanes) is 16. The van der Waals surface area contributed by atoms with Crippen LogP contribution >= 0.6 is 0 Å². The summed E-state index contributed by atoms with van der Waals surface area (Å²) in [4.78, 5) is 29.2. The predicted octanol–water partition coefficient (Wildman–Crippen LogP) is 11.0. The summed E-state index contributed by atoms with van der Waals surface area (Å²) in [6, 6.07) is 0. The van der Waals surface area contributed by atoms with Gasteiger partial charge in [0.05, 0.1) is 13.2 Å². The molecule has 0 N–H and O–H groups in total. The zero-order valence-electron chi connectivity index (χ0n) is 30.6. The van der Waals surface area contributed by atoms with Crippen LogP contribution in [0.2, 0.25) is 0 Å². The first kappa shape index (κ1) is 41.7. The Labute approximate surface area is 280 Å². The Balaban J connectivity index is 2.23. The Hall–Kier alpha value is -1.30. The molecule has 0 radical (unpaired) electrons. The maximum absolute atomic E-state index is 12.7. The number of hydrogen-bond donors (Lipinski definition) is 0. The molecule has 0 aromatic heterocycles. The largest absolute Gasteiger partial charge is 0.465 e. The minimum Gasteiger partial charge on any atom is -0.465 e. The molecule has 1 aliphatic heterocycles. The molecule has 1 amide bonds. The lowest BCUT2D eigenvalue weighted by Gasteiger charge is -2.32. The van der Waals surface area contributed by atoms with Crippen LogP contribution in [0.15, 0.2) is 0 Å². The van der Waals surface area contributed by atoms with Crippen molar-refractivity contribution >= 4 is 12.1 Å². The first-order valence-corrected chi connectivity index (χ1v) is 19.8. The fourth-order valence-electron chi connectivity index (χ4n) is 6.50. The number of amides is 1. The zero-order valence-corrected chi connectivity index (χ0v) is 30.6. The lowest BCUT2D eigenvalue weighted by molar-refractivity contribution is -0.145. The van der Waals surface area contributed by atoms with Crippen LogP contribution in [0.25, 0.3) is 0 Å². The molecule has 45 heavy (non-hydrogen) atoms. The van der Waals surface area contributed by atoms with E-state index in [4.69, 9.17) is 9.47 Å². The van der Waals surface area contributed by atoms with E-state index >= 15 is 0 Å². The van der Waals surface area contributed by atoms with E-state index in [0.29, 0.717) is 31.5 Å². The molecule has 1 fully saturated rings. The number of carbonyl (C=O) groups is 2. The standard InChI is InChI=1S/C39H76N2O4/c1-5-8-11-13-14-15-18-22-27-37(35-45-39(43)41-32-30-40(4)31-33-41)28-23-19-16-17-20-24-29-38(42)44-34-36(25-10-7-3)26-21-12-9-6-2/h36-37H,5-35H2,1-4H3. The van der Waals surface area contributed by atoms with Crippen molar-refractivity contribution in [3.05, 3.63) is 0 Å². The molecule has 1 saturated heterocycles. The van der Waals surface area contributed by atoms with Crippen molar-refractivity contribution in [1.29, 1.82) is 0 Å². The van der Waals surface area contributed by atoms with Crippen molar-refractivity contribution in [2.75, 3.05) is 46.4 Å². The molecule has 1 aliphatic rings. The summed E-state index contributed by atoms with van der Waals surface area (Å²) in [7, 11) is 2.11. The monoisotopic (exact) mass is 637 g/mol. The molecular weight excluding hydrogens is 560 g/mol. The normalized spacial score (nSPS) is 15.2. The van der Waals surface area contributed by atoms with Gasteiger partial charge >= 0.3 is 12.1 Å². The Morgan fingerprint density at radius 3 is 1.42 bits per heavy atom. The third-order valence-electron chi connectivity index (χ3n) is 9.83. The van der Waals surface area contributed by atoms with Gasteiger partial charge in [-0.15, -0.1) is 0 Å². The number of ether oxygens (including phenoxy) is 2. The highest BCUT2D eigenvalue weighted by Gasteiger charge is 2.21. The Kier molecular flexibility index (Phi) is 27.9. The highest BCUT2D eigenvalue weighted by molar-refractivity contribution is 5.69. The van der Waals surface area contributed by atoms with Crippen LogP contribution in [0.5, 0.6) is 0 Å². The molecule has 266 valence electrons. The molecule has 1 rings (SSSR count). The second-order valence-electron chi connectivity index (χ2n) is 14.2. The van der Waals surface area contributed by atoms with Gasteiger partial charge < -0.3 is 19.3 Å². The third-order valence-corrected chi connectivity index (χ3v) is 9.83. The average molecular weight is 637 g/mol. The average Bonchev–Trinajstić information content (AvgIpc) is 3.04. The minimum atomic E-state index is -0.119. The van der Waals surface area contributed by atoms with Crippen LogP contribution in [0.3, 0.4) is 0 Å². The van der Waals surface area contributed by atoms with Crippen LogP contribution in [0.4, 0.5) is 4.79 Å². The molecule has 0 spiro atoms. The van der Waals surface area contributed by atoms with Crippen molar-refractivity contribution < 1.29 is 19.1 Å². The molecule has 0 bridgehead atoms. The Morgan fingerprint density at radius 2 is 0.911 bits per heavy atom. The summed E-state index contributed by atoms with van der Waals surface area (Å²) in [5.41, 5.74) is 0. The summed E-state index contributed by atoms with van der Waals surface area (Å²) in [6.07, 6.45) is 30.3. The number of hydrogen-bond acceptors (Lipinski definition) is 5. The maximum Gasteiger partial charge on any atom is 0.409 e. The van der Waals surface area contributed by atoms with E-state index in [-0.39, 0.29) is 12.1 Å². The van der Waals surface area contributed by atoms with E-state index in [9.17, 15) is 9.59 Å². The number of carbonyl (C=O) groups excluding carboxylic acids is 2. The fourth-order valence-corrected chi connectivity index (χ4v) is 6.50. The SMILES string of the molecule is CCCCCCCCCCC(CCCCCCCCC(=O)OCC(CCCC)CCCCCC)COC(=O)N1CCN(C)CC1. The van der Waals surface area contributed by atoms with Crippen molar-refractivity contribution in [3.8, 4) is 0 Å². The number of rotatable bonds is 30. The van der Waals surface area contributed by atoms with Crippen molar-refractivity contribution in [3.63, 3.8) is 0 Å². The van der Waals surface area contributed by atoms with Crippen LogP contribution in [0, 0.1) is 11.8 Å². The van der Waals surface area contributed by atoms with Gasteiger partial charge in [0, 0.05) is 32.6 Å². The van der Waals surface area contributed by atoms with Crippen LogP contribution in [0.1, 0.15) is 181 Å². The van der Waals surface area contributed by atoms with Crippen molar-refractivity contribution in [1.82, 2.24) is 9.80 Å². The minimum absolute atomic E-state index is 0.0000198. The van der Waals surface area contributed by atoms with Gasteiger partial charge in [-0.3, -0.25) is 4.79 Å². The predicted molar refractivity (Wildman–Crippen MR) is 191 cm³/mol. The van der Waals surface area contributed by atoms with E-state index < -0.39 is 0 Å². The smallest absolute Gasteiger partial charge is 0.409 e. The molecule has 6 nitrogen and oxygen atoms in total. The van der Waals surface area contributed by atoms with Gasteiger partial charge in [0.15, 0.2) is 0 Å². The van der Waals surface area contributed by atoms with Gasteiger partial charge in [-0.05, 0) is 51.0 Å². The van der Waals surface area contributed by atoms with E-state index in [1.165, 1.54) is 135 Å². The summed E-state index contributed by atoms with van der Waals surface area (Å²) in [5.74, 6) is 1.02. The molecule has 0 aromatic carbocycles. The number of piperazine rings is 1. The highest BCUT2D eigenvalue weighted by Crippen LogP contribution is 2.21. The lowest BCUT2D eigenvalue weighted by atomic mass is 9.94. The first-order valence-electron chi connectivity index (χ1n) is 19.8. The zero-order chi connectivity index (χ0) is 32.8. The topological polar surface area (TPSA) is 59.1 Å². The van der Waals surface area contributed by atoms with Crippen LogP contribution in [-0.2, 0) is 14.3 Å². The third kappa shape index (κ3) is 24.5. The molecule has 0 aromatic rings. The maximum atomic E-state index is 12.7. The van der Waals surface area contributed by atoms with Crippen molar-refractivity contribution in [2.24, 2.45) is 11.8 Å². The van der Waals surface area contributed by atoms with Crippen LogP contribution in [-0.4, -0.2) is 68.3 Å². The van der Waals surface area contributed by atoms with Gasteiger partial charge in [-0.2, -0.15) is 0 Å². The number of esters is 1. The molecular formula is C39H76N2O4. The molecule has 2 atom stereocenters. The Bertz CT molecular complexity index is 680. The molecule has 1 heterocycles. The Morgan fingerprint density at radius 1 is 0.511 bits per heavy atom. The molecule has 2 unspecified atom stereocenters. The second kappa shape index (κ2) is 30.1. The van der Waals surface area contributed by atoms with Gasteiger partial charge in [-0.1, -0.05) is 143 Å². The summed E-state index contributed by atoms with van der Waals surface area (Å²) in [5, 5.41) is 0. The van der Waals surface area contributed by atoms with Crippen molar-refractivity contribution in [2.45, 2.75) is 181 Å². The summed E-state index contributed by atoms with van der Waals surface area (Å²) in [6.45, 7) is 11.4. The quantitative estimate of drug-likeness (QED) is 0.0580. The summed E-state index contributed by atoms with van der Waals surface area (Å²) >= 11 is 0. The van der Waals surface area contributed by atoms with Gasteiger partial charge in [0.2, 0.25) is 0 Å². The van der Waals surface area contributed by atoms with Crippen LogP contribution < -0.4 is 0 Å². The van der Waals surface area contributed by atoms with E-state index in [0.717, 1.165) is 45.4 Å². The number of likely N-dealkylation sites (N-methyl/N-ethyl adjacent to an activating group) is 1. The van der Waals surface area contributed by atoms with Gasteiger partial charge in [-0.25, -0.2) is 4.79 Å². The van der Waals surface area contributed by atoms with E-state index in [1.807, 2.05) is 4.90 Å². The second-order valence-corrected chi connectivity index (χ2v) is 14.2. The van der Waals surface area contributed by atoms with E-state index in [1.54, 1.807) is 0 Å². The molecule has 0 saturated carbocycles. The highest BCUT2D eigenvalue weighted by atomic mass is 16.6. The van der Waals surface area contributed by atoms with Gasteiger partial charge in [0.1, 0.15) is 0 Å². The molecule has 0 aliphatic carbocycles. The van der Waals surface area contributed by atoms with Gasteiger partial charge in [0.25, 0.3) is 0 Å². The van der Waals surface area contributed by atoms with E-state index in [2.05, 4.69) is 32.7 Å². The lowest BCUT2D eigenvalue weighted by Crippen LogP contribution is -2.47. The molecule has 6 heteroatoms. The summed E-state index contributed by atoms with van der Waals surface area (Å²) < 4.78 is 11.5. The number of nitrogens with zero attached hydrogens (tertiary/aromatic N) is 2. The fraction of sp³-hybridized carbons (Fsp3) is 0.949.